The molecule has 1 aliphatic rings. The number of thiazole rings is 1. The molecule has 0 spiro atoms. The van der Waals surface area contributed by atoms with Crippen LogP contribution < -0.4 is 11.1 Å². The van der Waals surface area contributed by atoms with Crippen molar-refractivity contribution in [3.63, 3.8) is 0 Å². The van der Waals surface area contributed by atoms with E-state index >= 15 is 0 Å². The van der Waals surface area contributed by atoms with Gasteiger partial charge in [0.05, 0.1) is 5.54 Å². The number of nitrogens with zero attached hydrogens (tertiary/aromatic N) is 1. The fourth-order valence-corrected chi connectivity index (χ4v) is 2.99. The van der Waals surface area contributed by atoms with Crippen molar-refractivity contribution in [3.8, 4) is 0 Å². The monoisotopic (exact) mass is 273 g/mol. The Kier molecular flexibility index (Phi) is 2.98. The highest BCUT2D eigenvalue weighted by Crippen LogP contribution is 2.41. The van der Waals surface area contributed by atoms with Crippen LogP contribution in [0.4, 0.5) is 5.13 Å². The van der Waals surface area contributed by atoms with Crippen LogP contribution in [0.25, 0.3) is 0 Å². The number of anilines is 1. The SMILES string of the molecule is Nc1nc(C(=O)NC2(c3ccccc3)CCC2)cs1. The van der Waals surface area contributed by atoms with Crippen molar-refractivity contribution in [1.82, 2.24) is 10.3 Å². The number of carbonyl (C=O) groups excluding carboxylic acids is 1. The first-order valence-electron chi connectivity index (χ1n) is 6.29. The average molecular weight is 273 g/mol. The molecule has 1 heterocycles. The van der Waals surface area contributed by atoms with Crippen molar-refractivity contribution < 1.29 is 4.79 Å². The molecule has 98 valence electrons. The van der Waals surface area contributed by atoms with Gasteiger partial charge in [-0.2, -0.15) is 0 Å². The second-order valence-corrected chi connectivity index (χ2v) is 5.72. The summed E-state index contributed by atoms with van der Waals surface area (Å²) in [6.07, 6.45) is 3.08. The van der Waals surface area contributed by atoms with Crippen molar-refractivity contribution in [2.24, 2.45) is 0 Å². The predicted molar refractivity (Wildman–Crippen MR) is 76.0 cm³/mol. The van der Waals surface area contributed by atoms with Gasteiger partial charge >= 0.3 is 0 Å². The molecule has 1 aromatic carbocycles. The molecule has 0 bridgehead atoms. The van der Waals surface area contributed by atoms with Crippen molar-refractivity contribution in [2.45, 2.75) is 24.8 Å². The van der Waals surface area contributed by atoms with Gasteiger partial charge in [0, 0.05) is 5.38 Å². The maximum Gasteiger partial charge on any atom is 0.271 e. The van der Waals surface area contributed by atoms with E-state index in [9.17, 15) is 4.79 Å². The quantitative estimate of drug-likeness (QED) is 0.903. The Morgan fingerprint density at radius 2 is 2.05 bits per heavy atom. The van der Waals surface area contributed by atoms with Gasteiger partial charge in [-0.3, -0.25) is 4.79 Å². The molecule has 19 heavy (non-hydrogen) atoms. The number of rotatable bonds is 3. The van der Waals surface area contributed by atoms with Crippen LogP contribution in [0.15, 0.2) is 35.7 Å². The summed E-state index contributed by atoms with van der Waals surface area (Å²) in [6, 6.07) is 10.1. The van der Waals surface area contributed by atoms with Crippen LogP contribution in [0.1, 0.15) is 35.3 Å². The minimum Gasteiger partial charge on any atom is -0.375 e. The van der Waals surface area contributed by atoms with Gasteiger partial charge in [-0.25, -0.2) is 4.98 Å². The van der Waals surface area contributed by atoms with Gasteiger partial charge in [-0.05, 0) is 24.8 Å². The largest absolute Gasteiger partial charge is 0.375 e. The van der Waals surface area contributed by atoms with E-state index in [1.54, 1.807) is 5.38 Å². The van der Waals surface area contributed by atoms with E-state index in [-0.39, 0.29) is 11.4 Å². The molecule has 0 saturated heterocycles. The molecule has 0 unspecified atom stereocenters. The van der Waals surface area contributed by atoms with Crippen LogP contribution in [-0.2, 0) is 5.54 Å². The minimum absolute atomic E-state index is 0.142. The zero-order chi connectivity index (χ0) is 13.3. The minimum atomic E-state index is -0.225. The number of benzene rings is 1. The molecule has 2 aromatic rings. The van der Waals surface area contributed by atoms with Gasteiger partial charge in [-0.1, -0.05) is 30.3 Å². The number of hydrogen-bond acceptors (Lipinski definition) is 4. The van der Waals surface area contributed by atoms with Gasteiger partial charge in [0.25, 0.3) is 5.91 Å². The van der Waals surface area contributed by atoms with Gasteiger partial charge in [-0.15, -0.1) is 11.3 Å². The molecule has 1 amide bonds. The lowest BCUT2D eigenvalue weighted by Crippen LogP contribution is -2.50. The standard InChI is InChI=1S/C14H15N3OS/c15-13-16-11(9-19-13)12(18)17-14(7-4-8-14)10-5-2-1-3-6-10/h1-3,5-6,9H,4,7-8H2,(H2,15,16)(H,17,18). The molecule has 1 saturated carbocycles. The Morgan fingerprint density at radius 3 is 2.58 bits per heavy atom. The first kappa shape index (κ1) is 12.2. The zero-order valence-corrected chi connectivity index (χ0v) is 11.2. The summed E-state index contributed by atoms with van der Waals surface area (Å²) in [5, 5.41) is 5.25. The van der Waals surface area contributed by atoms with Crippen LogP contribution in [0.2, 0.25) is 0 Å². The van der Waals surface area contributed by atoms with Gasteiger partial charge in [0.1, 0.15) is 5.69 Å². The van der Waals surface area contributed by atoms with E-state index in [1.165, 1.54) is 11.3 Å². The molecule has 1 fully saturated rings. The first-order valence-corrected chi connectivity index (χ1v) is 7.17. The van der Waals surface area contributed by atoms with Crippen LogP contribution in [0, 0.1) is 0 Å². The lowest BCUT2D eigenvalue weighted by atomic mass is 9.71. The number of amides is 1. The second kappa shape index (κ2) is 4.66. The van der Waals surface area contributed by atoms with Crippen LogP contribution >= 0.6 is 11.3 Å². The third kappa shape index (κ3) is 2.21. The summed E-state index contributed by atoms with van der Waals surface area (Å²) in [7, 11) is 0. The lowest BCUT2D eigenvalue weighted by Gasteiger charge is -2.43. The maximum atomic E-state index is 12.2. The molecule has 1 aliphatic carbocycles. The summed E-state index contributed by atoms with van der Waals surface area (Å²) >= 11 is 1.29. The zero-order valence-electron chi connectivity index (χ0n) is 10.4. The Morgan fingerprint density at radius 1 is 1.32 bits per heavy atom. The summed E-state index contributed by atoms with van der Waals surface area (Å²) in [5.41, 5.74) is 6.91. The molecular weight excluding hydrogens is 258 g/mol. The van der Waals surface area contributed by atoms with E-state index < -0.39 is 0 Å². The number of aromatic nitrogens is 1. The number of hydrogen-bond donors (Lipinski definition) is 2. The number of nitrogen functional groups attached to an aromatic ring is 1. The molecule has 3 rings (SSSR count). The topological polar surface area (TPSA) is 68.0 Å². The summed E-state index contributed by atoms with van der Waals surface area (Å²) < 4.78 is 0. The van der Waals surface area contributed by atoms with Crippen LogP contribution in [0.5, 0.6) is 0 Å². The number of nitrogens with two attached hydrogens (primary N) is 1. The highest BCUT2D eigenvalue weighted by Gasteiger charge is 2.40. The Labute approximate surface area is 115 Å². The highest BCUT2D eigenvalue weighted by atomic mass is 32.1. The van der Waals surface area contributed by atoms with Gasteiger partial charge in [0.2, 0.25) is 0 Å². The van der Waals surface area contributed by atoms with E-state index in [4.69, 9.17) is 5.73 Å². The van der Waals surface area contributed by atoms with E-state index in [2.05, 4.69) is 22.4 Å². The molecule has 4 nitrogen and oxygen atoms in total. The molecule has 3 N–H and O–H groups in total. The third-order valence-electron chi connectivity index (χ3n) is 3.64. The fraction of sp³-hybridized carbons (Fsp3) is 0.286. The molecule has 1 aromatic heterocycles. The summed E-state index contributed by atoms with van der Waals surface area (Å²) in [6.45, 7) is 0. The van der Waals surface area contributed by atoms with Gasteiger partial charge in [0.15, 0.2) is 5.13 Å². The van der Waals surface area contributed by atoms with Crippen molar-refractivity contribution in [1.29, 1.82) is 0 Å². The molecular formula is C14H15N3OS. The fourth-order valence-electron chi connectivity index (χ4n) is 2.45. The first-order chi connectivity index (χ1) is 9.20. The van der Waals surface area contributed by atoms with Crippen molar-refractivity contribution in [3.05, 3.63) is 47.0 Å². The average Bonchev–Trinajstić information content (AvgIpc) is 2.81. The normalized spacial score (nSPS) is 16.6. The van der Waals surface area contributed by atoms with Gasteiger partial charge < -0.3 is 11.1 Å². The number of carbonyl (C=O) groups is 1. The predicted octanol–water partition coefficient (Wildman–Crippen LogP) is 2.53. The van der Waals surface area contributed by atoms with E-state index in [0.717, 1.165) is 24.8 Å². The van der Waals surface area contributed by atoms with Crippen LogP contribution in [-0.4, -0.2) is 10.9 Å². The molecule has 0 atom stereocenters. The lowest BCUT2D eigenvalue weighted by molar-refractivity contribution is 0.0819. The molecule has 5 heteroatoms. The Hall–Kier alpha value is -1.88. The maximum absolute atomic E-state index is 12.2. The molecule has 0 radical (unpaired) electrons. The van der Waals surface area contributed by atoms with Crippen LogP contribution in [0.3, 0.4) is 0 Å². The second-order valence-electron chi connectivity index (χ2n) is 4.83. The Bertz CT molecular complexity index is 590. The Balaban J connectivity index is 1.82. The third-order valence-corrected chi connectivity index (χ3v) is 4.31. The highest BCUT2D eigenvalue weighted by molar-refractivity contribution is 7.13. The van der Waals surface area contributed by atoms with E-state index in [1.807, 2.05) is 18.2 Å². The summed E-state index contributed by atoms with van der Waals surface area (Å²) in [5.74, 6) is -0.142. The summed E-state index contributed by atoms with van der Waals surface area (Å²) in [4.78, 5) is 16.2. The van der Waals surface area contributed by atoms with Crippen molar-refractivity contribution >= 4 is 22.4 Å². The number of nitrogens with one attached hydrogen (secondary N) is 1. The molecule has 0 aliphatic heterocycles. The van der Waals surface area contributed by atoms with Crippen molar-refractivity contribution in [2.75, 3.05) is 5.73 Å². The van der Waals surface area contributed by atoms with E-state index in [0.29, 0.717) is 10.8 Å². The smallest absolute Gasteiger partial charge is 0.271 e.